The van der Waals surface area contributed by atoms with Crippen molar-refractivity contribution in [3.05, 3.63) is 164 Å². The average Bonchev–Trinajstić information content (AvgIpc) is 3.93. The van der Waals surface area contributed by atoms with Crippen molar-refractivity contribution in [2.45, 2.75) is 0 Å². The molecule has 0 fully saturated rings. The van der Waals surface area contributed by atoms with Crippen LogP contribution >= 0.6 is 0 Å². The summed E-state index contributed by atoms with van der Waals surface area (Å²) in [6, 6.07) is 59.1. The Bertz CT molecular complexity index is 3640. The summed E-state index contributed by atoms with van der Waals surface area (Å²) in [6.07, 6.45) is 0. The molecule has 13 rings (SSSR count). The van der Waals surface area contributed by atoms with Gasteiger partial charge < -0.3 is 4.40 Å². The minimum absolute atomic E-state index is 0.652. The molecule has 0 aliphatic carbocycles. The van der Waals surface area contributed by atoms with Crippen molar-refractivity contribution >= 4 is 103 Å². The lowest BCUT2D eigenvalue weighted by Crippen LogP contribution is -2.07. The van der Waals surface area contributed by atoms with Crippen molar-refractivity contribution in [1.82, 2.24) is 23.5 Å². The first-order valence-corrected chi connectivity index (χ1v) is 18.1. The van der Waals surface area contributed by atoms with Gasteiger partial charge in [0.25, 0.3) is 0 Å². The molecule has 0 saturated carbocycles. The highest BCUT2D eigenvalue weighted by Crippen LogP contribution is 2.47. The van der Waals surface area contributed by atoms with Gasteiger partial charge in [0.2, 0.25) is 5.95 Å². The average molecular weight is 674 g/mol. The number of hydrogen-bond acceptors (Lipinski definition) is 2. The maximum absolute atomic E-state index is 5.65. The third-order valence-corrected chi connectivity index (χ3v) is 11.5. The van der Waals surface area contributed by atoms with Crippen molar-refractivity contribution < 1.29 is 0 Å². The highest BCUT2D eigenvalue weighted by molar-refractivity contribution is 6.34. The van der Waals surface area contributed by atoms with E-state index < -0.39 is 0 Å². The van der Waals surface area contributed by atoms with E-state index in [-0.39, 0.29) is 0 Å². The molecule has 0 saturated heterocycles. The number of rotatable bonds is 2. The van der Waals surface area contributed by atoms with Crippen LogP contribution in [0.5, 0.6) is 0 Å². The van der Waals surface area contributed by atoms with Crippen LogP contribution in [0.25, 0.3) is 115 Å². The smallest absolute Gasteiger partial charge is 0.237 e. The first-order chi connectivity index (χ1) is 26.3. The maximum atomic E-state index is 5.65. The highest BCUT2D eigenvalue weighted by Gasteiger charge is 2.26. The summed E-state index contributed by atoms with van der Waals surface area (Å²) in [5.74, 6) is 1.52. The van der Waals surface area contributed by atoms with Gasteiger partial charge in [-0.15, -0.1) is 0 Å². The minimum Gasteiger partial charge on any atom is -0.308 e. The molecule has 0 atom stereocenters. The molecular weight excluding hydrogens is 647 g/mol. The Labute approximate surface area is 301 Å². The van der Waals surface area contributed by atoms with Gasteiger partial charge in [-0.25, -0.2) is 4.98 Å². The van der Waals surface area contributed by atoms with E-state index in [1.807, 2.05) is 0 Å². The molecular formula is C48H27N5. The van der Waals surface area contributed by atoms with Crippen molar-refractivity contribution in [2.75, 3.05) is 0 Å². The molecule has 0 aliphatic rings. The largest absolute Gasteiger partial charge is 0.308 e. The van der Waals surface area contributed by atoms with Gasteiger partial charge >= 0.3 is 0 Å². The van der Waals surface area contributed by atoms with Crippen molar-refractivity contribution in [1.29, 1.82) is 0 Å². The normalized spacial score (nSPS) is 12.5. The number of benzene rings is 8. The molecule has 0 radical (unpaired) electrons. The fourth-order valence-corrected chi connectivity index (χ4v) is 9.37. The molecule has 0 amide bonds. The maximum Gasteiger partial charge on any atom is 0.237 e. The van der Waals surface area contributed by atoms with Gasteiger partial charge in [0, 0.05) is 48.5 Å². The van der Waals surface area contributed by atoms with Crippen LogP contribution in [0.15, 0.2) is 164 Å². The molecule has 5 heteroatoms. The van der Waals surface area contributed by atoms with Gasteiger partial charge in [0.05, 0.1) is 44.1 Å². The molecule has 244 valence electrons. The standard InChI is InChI=1S/C48H27N5/c1-2-14-29-26-43-35(25-28(29)13-1)37-27-36-32-17-6-9-21-39(32)51-42-24-12-7-19-34(42)44(45(36)51)46(37)53(43)47-33-18-3-8-20-38(33)49-48(50-47)52-40-22-10-4-15-30(40)31-16-5-11-23-41(31)52/h1-27H. The molecule has 8 aromatic carbocycles. The Balaban J connectivity index is 1.29. The summed E-state index contributed by atoms with van der Waals surface area (Å²) in [4.78, 5) is 10.9. The van der Waals surface area contributed by atoms with Crippen molar-refractivity contribution in [3.63, 3.8) is 0 Å². The van der Waals surface area contributed by atoms with Gasteiger partial charge in [-0.05, 0) is 65.4 Å². The Morgan fingerprint density at radius 1 is 0.340 bits per heavy atom. The summed E-state index contributed by atoms with van der Waals surface area (Å²) in [6.45, 7) is 0. The zero-order valence-corrected chi connectivity index (χ0v) is 28.3. The zero-order chi connectivity index (χ0) is 34.4. The van der Waals surface area contributed by atoms with Gasteiger partial charge in [0.1, 0.15) is 0 Å². The molecule has 0 spiro atoms. The van der Waals surface area contributed by atoms with Crippen LogP contribution in [0.1, 0.15) is 0 Å². The van der Waals surface area contributed by atoms with Crippen LogP contribution in [-0.4, -0.2) is 23.5 Å². The molecule has 13 aromatic rings. The molecule has 5 nitrogen and oxygen atoms in total. The summed E-state index contributed by atoms with van der Waals surface area (Å²) < 4.78 is 7.14. The monoisotopic (exact) mass is 673 g/mol. The van der Waals surface area contributed by atoms with E-state index in [0.717, 1.165) is 38.8 Å². The van der Waals surface area contributed by atoms with Gasteiger partial charge in [-0.2, -0.15) is 4.98 Å². The van der Waals surface area contributed by atoms with Crippen molar-refractivity contribution in [3.8, 4) is 11.8 Å². The number of aromatic nitrogens is 5. The van der Waals surface area contributed by atoms with Crippen molar-refractivity contribution in [2.24, 2.45) is 0 Å². The SMILES string of the molecule is c1ccc2cc3c(cc2c1)c1cc2c4ccccc4n4c5ccccc5c(c1n3-c1nc(-n3c5ccccc5c5ccccc53)nc3ccccc13)c24. The van der Waals surface area contributed by atoms with Gasteiger partial charge in [0.15, 0.2) is 5.82 Å². The molecule has 5 heterocycles. The summed E-state index contributed by atoms with van der Waals surface area (Å²) in [5.41, 5.74) is 9.04. The lowest BCUT2D eigenvalue weighted by atomic mass is 10.0. The zero-order valence-electron chi connectivity index (χ0n) is 28.3. The van der Waals surface area contributed by atoms with E-state index in [0.29, 0.717) is 5.95 Å². The molecule has 0 aliphatic heterocycles. The second kappa shape index (κ2) is 9.75. The predicted octanol–water partition coefficient (Wildman–Crippen LogP) is 12.1. The fraction of sp³-hybridized carbons (Fsp3) is 0. The lowest BCUT2D eigenvalue weighted by molar-refractivity contribution is 0.974. The fourth-order valence-electron chi connectivity index (χ4n) is 9.37. The number of hydrogen-bond donors (Lipinski definition) is 0. The summed E-state index contributed by atoms with van der Waals surface area (Å²) >= 11 is 0. The van der Waals surface area contributed by atoms with Gasteiger partial charge in [-0.1, -0.05) is 109 Å². The van der Waals surface area contributed by atoms with E-state index >= 15 is 0 Å². The number of fused-ring (bicyclic) bond motifs is 15. The number of nitrogens with zero attached hydrogens (tertiary/aromatic N) is 5. The van der Waals surface area contributed by atoms with Gasteiger partial charge in [-0.3, -0.25) is 9.13 Å². The van der Waals surface area contributed by atoms with Crippen LogP contribution < -0.4 is 0 Å². The molecule has 0 bridgehead atoms. The Morgan fingerprint density at radius 3 is 1.58 bits per heavy atom. The quantitative estimate of drug-likeness (QED) is 0.183. The molecule has 0 unspecified atom stereocenters. The van der Waals surface area contributed by atoms with E-state index in [2.05, 4.69) is 177 Å². The van der Waals surface area contributed by atoms with E-state index in [1.165, 1.54) is 70.4 Å². The van der Waals surface area contributed by atoms with Crippen LogP contribution in [0, 0.1) is 0 Å². The topological polar surface area (TPSA) is 40.0 Å². The predicted molar refractivity (Wildman–Crippen MR) is 220 cm³/mol. The molecule has 0 N–H and O–H groups in total. The summed E-state index contributed by atoms with van der Waals surface area (Å²) in [7, 11) is 0. The summed E-state index contributed by atoms with van der Waals surface area (Å²) in [5, 5.41) is 13.2. The second-order valence-electron chi connectivity index (χ2n) is 14.2. The molecule has 53 heavy (non-hydrogen) atoms. The Kier molecular flexibility index (Phi) is 5.06. The Hall–Kier alpha value is -7.24. The van der Waals surface area contributed by atoms with Crippen LogP contribution in [0.2, 0.25) is 0 Å². The third-order valence-electron chi connectivity index (χ3n) is 11.5. The minimum atomic E-state index is 0.652. The lowest BCUT2D eigenvalue weighted by Gasteiger charge is -2.14. The third kappa shape index (κ3) is 3.42. The van der Waals surface area contributed by atoms with Crippen LogP contribution in [0.4, 0.5) is 0 Å². The number of para-hydroxylation sites is 5. The first-order valence-electron chi connectivity index (χ1n) is 18.1. The van der Waals surface area contributed by atoms with Crippen LogP contribution in [-0.2, 0) is 0 Å². The Morgan fingerprint density at radius 2 is 0.868 bits per heavy atom. The van der Waals surface area contributed by atoms with E-state index in [9.17, 15) is 0 Å². The van der Waals surface area contributed by atoms with Crippen LogP contribution in [0.3, 0.4) is 0 Å². The molecule has 5 aromatic heterocycles. The first kappa shape index (κ1) is 27.5. The second-order valence-corrected chi connectivity index (χ2v) is 14.2. The van der Waals surface area contributed by atoms with E-state index in [1.54, 1.807) is 0 Å². The highest BCUT2D eigenvalue weighted by atomic mass is 15.2. The van der Waals surface area contributed by atoms with E-state index in [4.69, 9.17) is 9.97 Å².